The number of carbonyl (C=O) groups is 2. The Labute approximate surface area is 179 Å². The Balaban J connectivity index is 1.96. The Kier molecular flexibility index (Phi) is 8.87. The van der Waals surface area contributed by atoms with E-state index in [1.165, 1.54) is 0 Å². The predicted octanol–water partition coefficient (Wildman–Crippen LogP) is 4.50. The van der Waals surface area contributed by atoms with Crippen LogP contribution in [0.5, 0.6) is 5.75 Å². The summed E-state index contributed by atoms with van der Waals surface area (Å²) in [6.07, 6.45) is 0. The van der Waals surface area contributed by atoms with Crippen molar-refractivity contribution in [2.45, 2.75) is 27.7 Å². The Bertz CT molecular complexity index is 822. The zero-order chi connectivity index (χ0) is 22.1. The lowest BCUT2D eigenvalue weighted by molar-refractivity contribution is -0.117. The van der Waals surface area contributed by atoms with Crippen molar-refractivity contribution in [3.8, 4) is 5.75 Å². The molecule has 0 saturated carbocycles. The van der Waals surface area contributed by atoms with Crippen molar-refractivity contribution >= 4 is 23.2 Å². The molecule has 0 fully saturated rings. The molecule has 0 heterocycles. The average molecular weight is 412 g/mol. The van der Waals surface area contributed by atoms with E-state index in [4.69, 9.17) is 4.74 Å². The first kappa shape index (κ1) is 23.4. The summed E-state index contributed by atoms with van der Waals surface area (Å²) in [5, 5.41) is 5.76. The highest BCUT2D eigenvalue weighted by Crippen LogP contribution is 2.23. The summed E-state index contributed by atoms with van der Waals surface area (Å²) < 4.78 is 5.26. The molecule has 0 aliphatic rings. The van der Waals surface area contributed by atoms with Gasteiger partial charge in [0.25, 0.3) is 5.91 Å². The van der Waals surface area contributed by atoms with Crippen molar-refractivity contribution in [2.75, 3.05) is 37.4 Å². The zero-order valence-corrected chi connectivity index (χ0v) is 18.6. The summed E-state index contributed by atoms with van der Waals surface area (Å²) in [6.45, 7) is 10.7. The highest BCUT2D eigenvalue weighted by molar-refractivity contribution is 6.05. The first-order valence-corrected chi connectivity index (χ1v) is 10.3. The molecule has 2 aromatic carbocycles. The number of rotatable bonds is 10. The van der Waals surface area contributed by atoms with Gasteiger partial charge < -0.3 is 15.4 Å². The largest absolute Gasteiger partial charge is 0.495 e. The Morgan fingerprint density at radius 2 is 1.50 bits per heavy atom. The minimum Gasteiger partial charge on any atom is -0.495 e. The van der Waals surface area contributed by atoms with Gasteiger partial charge in [-0.1, -0.05) is 39.8 Å². The van der Waals surface area contributed by atoms with Gasteiger partial charge in [0.1, 0.15) is 5.75 Å². The van der Waals surface area contributed by atoms with Gasteiger partial charge in [0, 0.05) is 24.3 Å². The van der Waals surface area contributed by atoms with Gasteiger partial charge in [0.2, 0.25) is 5.91 Å². The number of anilines is 2. The fourth-order valence-electron chi connectivity index (χ4n) is 3.29. The van der Waals surface area contributed by atoms with Crippen LogP contribution in [0.1, 0.15) is 38.1 Å². The highest BCUT2D eigenvalue weighted by atomic mass is 16.5. The Morgan fingerprint density at radius 3 is 2.07 bits per heavy atom. The van der Waals surface area contributed by atoms with Crippen LogP contribution in [-0.2, 0) is 4.79 Å². The van der Waals surface area contributed by atoms with Crippen LogP contribution < -0.4 is 15.4 Å². The van der Waals surface area contributed by atoms with Gasteiger partial charge in [-0.25, -0.2) is 0 Å². The zero-order valence-electron chi connectivity index (χ0n) is 18.6. The second-order valence-corrected chi connectivity index (χ2v) is 8.26. The van der Waals surface area contributed by atoms with Crippen LogP contribution in [0.4, 0.5) is 11.4 Å². The SMILES string of the molecule is COc1ccccc1NC(=O)c1ccc(NC(=O)CN(CC(C)C)CC(C)C)cc1. The van der Waals surface area contributed by atoms with Crippen molar-refractivity contribution in [2.24, 2.45) is 11.8 Å². The van der Waals surface area contributed by atoms with Crippen molar-refractivity contribution in [3.05, 3.63) is 54.1 Å². The minimum absolute atomic E-state index is 0.0532. The van der Waals surface area contributed by atoms with E-state index in [9.17, 15) is 9.59 Å². The number of carbonyl (C=O) groups excluding carboxylic acids is 2. The normalized spacial score (nSPS) is 11.1. The molecule has 0 aromatic heterocycles. The van der Waals surface area contributed by atoms with Gasteiger partial charge in [0.05, 0.1) is 19.3 Å². The highest BCUT2D eigenvalue weighted by Gasteiger charge is 2.14. The molecule has 6 heteroatoms. The van der Waals surface area contributed by atoms with Crippen LogP contribution in [0.3, 0.4) is 0 Å². The molecule has 6 nitrogen and oxygen atoms in total. The molecule has 162 valence electrons. The maximum Gasteiger partial charge on any atom is 0.255 e. The number of benzene rings is 2. The van der Waals surface area contributed by atoms with E-state index >= 15 is 0 Å². The molecule has 0 spiro atoms. The number of nitrogens with zero attached hydrogens (tertiary/aromatic N) is 1. The van der Waals surface area contributed by atoms with E-state index < -0.39 is 0 Å². The van der Waals surface area contributed by atoms with Crippen molar-refractivity contribution in [3.63, 3.8) is 0 Å². The quantitative estimate of drug-likeness (QED) is 0.604. The molecule has 2 rings (SSSR count). The predicted molar refractivity (Wildman–Crippen MR) is 122 cm³/mol. The Hall–Kier alpha value is -2.86. The smallest absolute Gasteiger partial charge is 0.255 e. The molecule has 0 atom stereocenters. The first-order valence-electron chi connectivity index (χ1n) is 10.3. The maximum atomic E-state index is 12.5. The Morgan fingerprint density at radius 1 is 0.900 bits per heavy atom. The summed E-state index contributed by atoms with van der Waals surface area (Å²) in [5.74, 6) is 1.30. The van der Waals surface area contributed by atoms with Crippen LogP contribution >= 0.6 is 0 Å². The molecule has 2 amide bonds. The second-order valence-electron chi connectivity index (χ2n) is 8.26. The molecule has 2 N–H and O–H groups in total. The third-order valence-corrected chi connectivity index (χ3v) is 4.40. The first-order chi connectivity index (χ1) is 14.3. The van der Waals surface area contributed by atoms with Gasteiger partial charge in [0.15, 0.2) is 0 Å². The molecular formula is C24H33N3O3. The third kappa shape index (κ3) is 7.52. The van der Waals surface area contributed by atoms with Gasteiger partial charge in [-0.2, -0.15) is 0 Å². The second kappa shape index (κ2) is 11.4. The van der Waals surface area contributed by atoms with E-state index in [1.807, 2.05) is 12.1 Å². The fraction of sp³-hybridized carbons (Fsp3) is 0.417. The number of hydrogen-bond donors (Lipinski definition) is 2. The summed E-state index contributed by atoms with van der Waals surface area (Å²) >= 11 is 0. The molecule has 2 aromatic rings. The molecule has 0 radical (unpaired) electrons. The van der Waals surface area contributed by atoms with Crippen molar-refractivity contribution in [1.29, 1.82) is 0 Å². The molecule has 0 aliphatic heterocycles. The molecule has 0 saturated heterocycles. The lowest BCUT2D eigenvalue weighted by Gasteiger charge is -2.25. The summed E-state index contributed by atoms with van der Waals surface area (Å²) in [5.41, 5.74) is 1.78. The van der Waals surface area contributed by atoms with Crippen LogP contribution in [-0.4, -0.2) is 43.5 Å². The summed E-state index contributed by atoms with van der Waals surface area (Å²) in [6, 6.07) is 14.1. The number of methoxy groups -OCH3 is 1. The number of para-hydroxylation sites is 2. The monoisotopic (exact) mass is 411 g/mol. The van der Waals surface area contributed by atoms with Gasteiger partial charge >= 0.3 is 0 Å². The van der Waals surface area contributed by atoms with Crippen LogP contribution in [0, 0.1) is 11.8 Å². The minimum atomic E-state index is -0.239. The summed E-state index contributed by atoms with van der Waals surface area (Å²) in [4.78, 5) is 27.2. The van der Waals surface area contributed by atoms with Crippen LogP contribution in [0.2, 0.25) is 0 Å². The molecule has 0 bridgehead atoms. The molecule has 0 aliphatic carbocycles. The average Bonchev–Trinajstić information content (AvgIpc) is 2.67. The number of nitrogens with one attached hydrogen (secondary N) is 2. The van der Waals surface area contributed by atoms with E-state index in [2.05, 4.69) is 43.2 Å². The van der Waals surface area contributed by atoms with E-state index in [0.29, 0.717) is 41.1 Å². The van der Waals surface area contributed by atoms with E-state index in [1.54, 1.807) is 43.5 Å². The topological polar surface area (TPSA) is 70.7 Å². The third-order valence-electron chi connectivity index (χ3n) is 4.40. The van der Waals surface area contributed by atoms with E-state index in [0.717, 1.165) is 13.1 Å². The molecular weight excluding hydrogens is 378 g/mol. The molecule has 0 unspecified atom stereocenters. The van der Waals surface area contributed by atoms with Gasteiger partial charge in [-0.15, -0.1) is 0 Å². The lowest BCUT2D eigenvalue weighted by Crippen LogP contribution is -2.38. The standard InChI is InChI=1S/C24H33N3O3/c1-17(2)14-27(15-18(3)4)16-23(28)25-20-12-10-19(11-13-20)24(29)26-21-8-6-7-9-22(21)30-5/h6-13,17-18H,14-16H2,1-5H3,(H,25,28)(H,26,29). The number of ether oxygens (including phenoxy) is 1. The molecule has 30 heavy (non-hydrogen) atoms. The van der Waals surface area contributed by atoms with Crippen molar-refractivity contribution in [1.82, 2.24) is 4.90 Å². The van der Waals surface area contributed by atoms with Crippen molar-refractivity contribution < 1.29 is 14.3 Å². The van der Waals surface area contributed by atoms with E-state index in [-0.39, 0.29) is 11.8 Å². The van der Waals surface area contributed by atoms with Crippen LogP contribution in [0.25, 0.3) is 0 Å². The van der Waals surface area contributed by atoms with Gasteiger partial charge in [-0.05, 0) is 48.2 Å². The lowest BCUT2D eigenvalue weighted by atomic mass is 10.1. The summed E-state index contributed by atoms with van der Waals surface area (Å²) in [7, 11) is 1.56. The fourth-order valence-corrected chi connectivity index (χ4v) is 3.29. The maximum absolute atomic E-state index is 12.5. The number of amides is 2. The number of hydrogen-bond acceptors (Lipinski definition) is 4. The van der Waals surface area contributed by atoms with Crippen LogP contribution in [0.15, 0.2) is 48.5 Å². The van der Waals surface area contributed by atoms with Gasteiger partial charge in [-0.3, -0.25) is 14.5 Å².